The van der Waals surface area contributed by atoms with Crippen molar-refractivity contribution in [2.75, 3.05) is 0 Å². The summed E-state index contributed by atoms with van der Waals surface area (Å²) in [5.41, 5.74) is -0.547. The second-order valence-electron chi connectivity index (χ2n) is 2.93. The summed E-state index contributed by atoms with van der Waals surface area (Å²) in [6.45, 7) is 0. The number of hydrogen-bond acceptors (Lipinski definition) is 2. The highest BCUT2D eigenvalue weighted by Gasteiger charge is 2.33. The molecule has 78 valence electrons. The summed E-state index contributed by atoms with van der Waals surface area (Å²) in [6, 6.07) is 5.81. The van der Waals surface area contributed by atoms with Crippen molar-refractivity contribution in [2.24, 2.45) is 0 Å². The van der Waals surface area contributed by atoms with Crippen molar-refractivity contribution in [1.82, 2.24) is 10.2 Å². The Hall–Kier alpha value is -1.17. The van der Waals surface area contributed by atoms with Crippen LogP contribution in [0.4, 0.5) is 13.2 Å². The fourth-order valence-electron chi connectivity index (χ4n) is 1.15. The van der Waals surface area contributed by atoms with Gasteiger partial charge in [-0.2, -0.15) is 13.2 Å². The average molecular weight is 277 g/mol. The van der Waals surface area contributed by atoms with Crippen molar-refractivity contribution >= 4 is 26.8 Å². The number of benzene rings is 1. The third kappa shape index (κ3) is 2.09. The lowest BCUT2D eigenvalue weighted by Crippen LogP contribution is -2.08. The minimum Gasteiger partial charge on any atom is -0.164 e. The molecule has 1 aromatic heterocycles. The van der Waals surface area contributed by atoms with Crippen molar-refractivity contribution < 1.29 is 13.2 Å². The fourth-order valence-corrected chi connectivity index (χ4v) is 1.50. The van der Waals surface area contributed by atoms with Crippen LogP contribution in [0.15, 0.2) is 28.7 Å². The summed E-state index contributed by atoms with van der Waals surface area (Å²) in [6.07, 6.45) is -4.45. The van der Waals surface area contributed by atoms with Crippen molar-refractivity contribution in [3.63, 3.8) is 0 Å². The Morgan fingerprint density at radius 2 is 1.80 bits per heavy atom. The molecule has 0 aliphatic rings. The molecule has 1 aromatic carbocycles. The third-order valence-corrected chi connectivity index (χ3v) is 2.33. The second-order valence-corrected chi connectivity index (χ2v) is 3.85. The van der Waals surface area contributed by atoms with Crippen LogP contribution in [-0.2, 0) is 6.18 Å². The predicted octanol–water partition coefficient (Wildman–Crippen LogP) is 3.41. The highest BCUT2D eigenvalue weighted by molar-refractivity contribution is 9.10. The number of nitrogens with zero attached hydrogens (tertiary/aromatic N) is 2. The van der Waals surface area contributed by atoms with Gasteiger partial charge in [-0.3, -0.25) is 0 Å². The molecule has 0 saturated carbocycles. The number of halogens is 4. The Bertz CT molecular complexity index is 510. The van der Waals surface area contributed by atoms with Crippen LogP contribution in [0.25, 0.3) is 10.9 Å². The van der Waals surface area contributed by atoms with E-state index in [0.717, 1.165) is 10.5 Å². The normalized spacial score (nSPS) is 12.0. The Morgan fingerprint density at radius 1 is 1.07 bits per heavy atom. The zero-order chi connectivity index (χ0) is 11.1. The van der Waals surface area contributed by atoms with E-state index in [1.54, 1.807) is 18.2 Å². The predicted molar refractivity (Wildman–Crippen MR) is 52.2 cm³/mol. The van der Waals surface area contributed by atoms with Gasteiger partial charge in [-0.25, -0.2) is 0 Å². The molecule has 1 heterocycles. The first-order valence-corrected chi connectivity index (χ1v) is 4.76. The molecular formula is C9H4BrF3N2. The van der Waals surface area contributed by atoms with Gasteiger partial charge in [0.15, 0.2) is 5.69 Å². The van der Waals surface area contributed by atoms with Crippen LogP contribution in [0.2, 0.25) is 0 Å². The SMILES string of the molecule is FC(F)(F)c1cc2ccc(Br)cc2nn1. The van der Waals surface area contributed by atoms with Crippen molar-refractivity contribution in [3.05, 3.63) is 34.4 Å². The second kappa shape index (κ2) is 3.44. The monoisotopic (exact) mass is 276 g/mol. The Kier molecular flexibility index (Phi) is 2.38. The number of fused-ring (bicyclic) bond motifs is 1. The van der Waals surface area contributed by atoms with E-state index in [0.29, 0.717) is 10.9 Å². The van der Waals surface area contributed by atoms with Crippen LogP contribution >= 0.6 is 15.9 Å². The molecule has 0 radical (unpaired) electrons. The number of rotatable bonds is 0. The topological polar surface area (TPSA) is 25.8 Å². The molecule has 2 aromatic rings. The summed E-state index contributed by atoms with van der Waals surface area (Å²) in [5.74, 6) is 0. The molecule has 6 heteroatoms. The van der Waals surface area contributed by atoms with E-state index in [4.69, 9.17) is 0 Å². The molecule has 0 bridgehead atoms. The van der Waals surface area contributed by atoms with E-state index in [1.807, 2.05) is 0 Å². The van der Waals surface area contributed by atoms with Gasteiger partial charge < -0.3 is 0 Å². The summed E-state index contributed by atoms with van der Waals surface area (Å²) in [5, 5.41) is 7.05. The van der Waals surface area contributed by atoms with Crippen LogP contribution in [-0.4, -0.2) is 10.2 Å². The zero-order valence-corrected chi connectivity index (χ0v) is 8.80. The first-order valence-electron chi connectivity index (χ1n) is 3.97. The zero-order valence-electron chi connectivity index (χ0n) is 7.22. The first kappa shape index (κ1) is 10.4. The van der Waals surface area contributed by atoms with Gasteiger partial charge in [0.2, 0.25) is 0 Å². The molecule has 0 amide bonds. The minimum absolute atomic E-state index is 0.417. The summed E-state index contributed by atoms with van der Waals surface area (Å²) in [7, 11) is 0. The van der Waals surface area contributed by atoms with E-state index in [1.165, 1.54) is 0 Å². The maximum absolute atomic E-state index is 12.3. The summed E-state index contributed by atoms with van der Waals surface area (Å²) < 4.78 is 37.6. The molecule has 0 unspecified atom stereocenters. The third-order valence-electron chi connectivity index (χ3n) is 1.84. The van der Waals surface area contributed by atoms with Gasteiger partial charge in [0.05, 0.1) is 5.52 Å². The molecule has 0 spiro atoms. The van der Waals surface area contributed by atoms with Gasteiger partial charge >= 0.3 is 6.18 Å². The number of aromatic nitrogens is 2. The van der Waals surface area contributed by atoms with Gasteiger partial charge in [0.1, 0.15) is 0 Å². The van der Waals surface area contributed by atoms with Crippen LogP contribution in [0.5, 0.6) is 0 Å². The molecule has 0 atom stereocenters. The van der Waals surface area contributed by atoms with E-state index < -0.39 is 11.9 Å². The van der Waals surface area contributed by atoms with Crippen LogP contribution in [0, 0.1) is 0 Å². The van der Waals surface area contributed by atoms with Gasteiger partial charge in [-0.05, 0) is 18.2 Å². The minimum atomic E-state index is -4.45. The van der Waals surface area contributed by atoms with E-state index >= 15 is 0 Å². The molecule has 0 aliphatic carbocycles. The molecule has 0 N–H and O–H groups in total. The van der Waals surface area contributed by atoms with E-state index in [-0.39, 0.29) is 0 Å². The van der Waals surface area contributed by atoms with Crippen molar-refractivity contribution in [1.29, 1.82) is 0 Å². The van der Waals surface area contributed by atoms with E-state index in [9.17, 15) is 13.2 Å². The first-order chi connectivity index (χ1) is 6.97. The average Bonchev–Trinajstić information content (AvgIpc) is 2.15. The molecule has 0 saturated heterocycles. The fraction of sp³-hybridized carbons (Fsp3) is 0.111. The van der Waals surface area contributed by atoms with Crippen LogP contribution < -0.4 is 0 Å². The molecule has 0 fully saturated rings. The van der Waals surface area contributed by atoms with Crippen LogP contribution in [0.3, 0.4) is 0 Å². The maximum atomic E-state index is 12.3. The molecular weight excluding hydrogens is 273 g/mol. The lowest BCUT2D eigenvalue weighted by molar-refractivity contribution is -0.141. The smallest absolute Gasteiger partial charge is 0.164 e. The summed E-state index contributed by atoms with van der Waals surface area (Å²) >= 11 is 3.20. The lowest BCUT2D eigenvalue weighted by Gasteiger charge is -2.05. The van der Waals surface area contributed by atoms with Gasteiger partial charge in [0.25, 0.3) is 0 Å². The molecule has 15 heavy (non-hydrogen) atoms. The molecule has 0 aliphatic heterocycles. The molecule has 2 rings (SSSR count). The van der Waals surface area contributed by atoms with E-state index in [2.05, 4.69) is 26.1 Å². The van der Waals surface area contributed by atoms with Gasteiger partial charge in [-0.1, -0.05) is 22.0 Å². The van der Waals surface area contributed by atoms with Gasteiger partial charge in [0, 0.05) is 9.86 Å². The van der Waals surface area contributed by atoms with Crippen LogP contribution in [0.1, 0.15) is 5.69 Å². The lowest BCUT2D eigenvalue weighted by atomic mass is 10.2. The standard InChI is InChI=1S/C9H4BrF3N2/c10-6-2-1-5-3-8(9(11,12)13)15-14-7(5)4-6/h1-4H. The largest absolute Gasteiger partial charge is 0.435 e. The highest BCUT2D eigenvalue weighted by Crippen LogP contribution is 2.29. The number of hydrogen-bond donors (Lipinski definition) is 0. The molecule has 2 nitrogen and oxygen atoms in total. The van der Waals surface area contributed by atoms with Crippen molar-refractivity contribution in [2.45, 2.75) is 6.18 Å². The summed E-state index contributed by atoms with van der Waals surface area (Å²) in [4.78, 5) is 0. The Labute approximate surface area is 91.2 Å². The van der Waals surface area contributed by atoms with Gasteiger partial charge in [-0.15, -0.1) is 10.2 Å². The number of alkyl halides is 3. The maximum Gasteiger partial charge on any atom is 0.435 e. The Balaban J connectivity index is 2.62. The quantitative estimate of drug-likeness (QED) is 0.737. The van der Waals surface area contributed by atoms with Crippen molar-refractivity contribution in [3.8, 4) is 0 Å². The highest BCUT2D eigenvalue weighted by atomic mass is 79.9. The Morgan fingerprint density at radius 3 is 2.47 bits per heavy atom.